The Hall–Kier alpha value is -1.20. The molecule has 4 fully saturated rings. The molecule has 7 unspecified atom stereocenters. The average Bonchev–Trinajstić information content (AvgIpc) is 2.71. The van der Waals surface area contributed by atoms with E-state index in [1.807, 2.05) is 0 Å². The van der Waals surface area contributed by atoms with Crippen LogP contribution in [0.5, 0.6) is 0 Å². The fourth-order valence-electron chi connectivity index (χ4n) is 7.87. The minimum Gasteiger partial charge on any atom is -0.462 e. The normalized spacial score (nSPS) is 51.5. The van der Waals surface area contributed by atoms with Crippen molar-refractivity contribution in [2.24, 2.45) is 28.1 Å². The van der Waals surface area contributed by atoms with E-state index in [1.165, 1.54) is 6.92 Å². The number of rotatable bonds is 2. The monoisotopic (exact) mass is 376 g/mol. The highest BCUT2D eigenvalue weighted by Crippen LogP contribution is 2.72. The average molecular weight is 376 g/mol. The number of aliphatic hydroxyl groups excluding tert-OH is 1. The van der Waals surface area contributed by atoms with Gasteiger partial charge in [0.05, 0.1) is 5.60 Å². The van der Waals surface area contributed by atoms with E-state index in [0.29, 0.717) is 18.4 Å². The standard InChI is InChI=1S/C22H32O5/c1-13-18(25)21-9-6-16-19(3,12-23)7-5-8-20(16,4)17(21)15(27-14(2)24)10-22(13,26)11-21/h15-17,23,26H,1,5-12H2,2-4H3. The van der Waals surface area contributed by atoms with Gasteiger partial charge in [-0.15, -0.1) is 0 Å². The van der Waals surface area contributed by atoms with Crippen molar-refractivity contribution < 1.29 is 24.5 Å². The van der Waals surface area contributed by atoms with Gasteiger partial charge in [-0.3, -0.25) is 9.59 Å². The molecule has 0 radical (unpaired) electrons. The van der Waals surface area contributed by atoms with Crippen molar-refractivity contribution in [1.82, 2.24) is 0 Å². The maximum absolute atomic E-state index is 13.4. The second kappa shape index (κ2) is 5.66. The minimum atomic E-state index is -1.26. The van der Waals surface area contributed by atoms with Gasteiger partial charge in [0.25, 0.3) is 0 Å². The third kappa shape index (κ3) is 2.30. The number of esters is 1. The van der Waals surface area contributed by atoms with Gasteiger partial charge in [0.2, 0.25) is 0 Å². The van der Waals surface area contributed by atoms with Crippen molar-refractivity contribution in [2.45, 2.75) is 77.4 Å². The molecule has 2 bridgehead atoms. The van der Waals surface area contributed by atoms with E-state index in [0.717, 1.165) is 25.7 Å². The molecular formula is C22H32O5. The number of ketones is 1. The number of ether oxygens (including phenoxy) is 1. The molecule has 0 aliphatic heterocycles. The Morgan fingerprint density at radius 2 is 2.00 bits per heavy atom. The second-order valence-electron chi connectivity index (χ2n) is 10.3. The first-order valence-electron chi connectivity index (χ1n) is 10.3. The van der Waals surface area contributed by atoms with Crippen LogP contribution in [-0.2, 0) is 14.3 Å². The summed E-state index contributed by atoms with van der Waals surface area (Å²) in [5.74, 6) is -0.263. The zero-order valence-corrected chi connectivity index (χ0v) is 16.7. The van der Waals surface area contributed by atoms with Gasteiger partial charge in [0.1, 0.15) is 6.10 Å². The Balaban J connectivity index is 1.86. The minimum absolute atomic E-state index is 0.0272. The van der Waals surface area contributed by atoms with E-state index in [-0.39, 0.29) is 47.4 Å². The van der Waals surface area contributed by atoms with Crippen molar-refractivity contribution >= 4 is 11.8 Å². The zero-order chi connectivity index (χ0) is 19.8. The fraction of sp³-hybridized carbons (Fsp3) is 0.818. The molecule has 4 aliphatic carbocycles. The van der Waals surface area contributed by atoms with Crippen LogP contribution in [0.15, 0.2) is 12.2 Å². The number of aliphatic hydroxyl groups is 2. The van der Waals surface area contributed by atoms with Crippen LogP contribution in [0.2, 0.25) is 0 Å². The summed E-state index contributed by atoms with van der Waals surface area (Å²) in [6.45, 7) is 9.85. The van der Waals surface area contributed by atoms with Crippen LogP contribution in [0.1, 0.15) is 65.7 Å². The van der Waals surface area contributed by atoms with Crippen LogP contribution in [-0.4, -0.2) is 40.3 Å². The summed E-state index contributed by atoms with van der Waals surface area (Å²) in [4.78, 5) is 25.3. The van der Waals surface area contributed by atoms with Crippen LogP contribution in [0.25, 0.3) is 0 Å². The largest absolute Gasteiger partial charge is 0.462 e. The van der Waals surface area contributed by atoms with Gasteiger partial charge in [-0.25, -0.2) is 0 Å². The van der Waals surface area contributed by atoms with Gasteiger partial charge >= 0.3 is 5.97 Å². The predicted octanol–water partition coefficient (Wildman–Crippen LogP) is 2.78. The molecule has 4 saturated carbocycles. The van der Waals surface area contributed by atoms with E-state index in [2.05, 4.69) is 20.4 Å². The maximum Gasteiger partial charge on any atom is 0.302 e. The number of carbonyl (C=O) groups is 2. The van der Waals surface area contributed by atoms with Crippen molar-refractivity contribution in [2.75, 3.05) is 6.61 Å². The van der Waals surface area contributed by atoms with Gasteiger partial charge < -0.3 is 14.9 Å². The van der Waals surface area contributed by atoms with Crippen molar-refractivity contribution in [1.29, 1.82) is 0 Å². The quantitative estimate of drug-likeness (QED) is 0.572. The van der Waals surface area contributed by atoms with Gasteiger partial charge in [-0.05, 0) is 48.9 Å². The third-order valence-electron chi connectivity index (χ3n) is 8.77. The summed E-state index contributed by atoms with van der Waals surface area (Å²) in [5, 5.41) is 21.3. The molecule has 0 heterocycles. The number of fused-ring (bicyclic) bond motifs is 3. The molecule has 0 aromatic carbocycles. The summed E-state index contributed by atoms with van der Waals surface area (Å²) in [6, 6.07) is 0. The molecule has 1 spiro atoms. The van der Waals surface area contributed by atoms with Crippen molar-refractivity contribution in [3.05, 3.63) is 12.2 Å². The fourth-order valence-corrected chi connectivity index (χ4v) is 7.87. The Labute approximate surface area is 161 Å². The van der Waals surface area contributed by atoms with Gasteiger partial charge in [0, 0.05) is 36.9 Å². The Bertz CT molecular complexity index is 715. The molecule has 4 rings (SSSR count). The number of Topliss-reactive ketones (excluding diaryl/α,β-unsaturated/α-hetero) is 1. The molecule has 2 N–H and O–H groups in total. The van der Waals surface area contributed by atoms with E-state index in [1.54, 1.807) is 0 Å². The molecule has 0 aromatic heterocycles. The first-order chi connectivity index (χ1) is 12.5. The van der Waals surface area contributed by atoms with Crippen LogP contribution in [0, 0.1) is 28.1 Å². The zero-order valence-electron chi connectivity index (χ0n) is 16.7. The summed E-state index contributed by atoms with van der Waals surface area (Å²) < 4.78 is 5.76. The molecule has 5 heteroatoms. The first kappa shape index (κ1) is 19.1. The summed E-state index contributed by atoms with van der Waals surface area (Å²) in [7, 11) is 0. The predicted molar refractivity (Wildman–Crippen MR) is 99.7 cm³/mol. The topological polar surface area (TPSA) is 83.8 Å². The number of hydrogen-bond donors (Lipinski definition) is 2. The molecular weight excluding hydrogens is 344 g/mol. The lowest BCUT2D eigenvalue weighted by molar-refractivity contribution is -0.217. The van der Waals surface area contributed by atoms with Crippen LogP contribution < -0.4 is 0 Å². The van der Waals surface area contributed by atoms with Gasteiger partial charge in [-0.2, -0.15) is 0 Å². The van der Waals surface area contributed by atoms with Crippen molar-refractivity contribution in [3.8, 4) is 0 Å². The Morgan fingerprint density at radius 1 is 1.30 bits per heavy atom. The smallest absolute Gasteiger partial charge is 0.302 e. The number of carbonyl (C=O) groups excluding carboxylic acids is 2. The van der Waals surface area contributed by atoms with E-state index < -0.39 is 17.1 Å². The molecule has 7 atom stereocenters. The second-order valence-corrected chi connectivity index (χ2v) is 10.3. The van der Waals surface area contributed by atoms with Crippen LogP contribution in [0.3, 0.4) is 0 Å². The Morgan fingerprint density at radius 3 is 2.63 bits per heavy atom. The maximum atomic E-state index is 13.4. The highest BCUT2D eigenvalue weighted by atomic mass is 16.5. The molecule has 27 heavy (non-hydrogen) atoms. The van der Waals surface area contributed by atoms with E-state index in [9.17, 15) is 19.8 Å². The third-order valence-corrected chi connectivity index (χ3v) is 8.77. The van der Waals surface area contributed by atoms with Gasteiger partial charge in [-0.1, -0.05) is 26.8 Å². The molecule has 150 valence electrons. The SMILES string of the molecule is C=C1C(=O)C23CCC4C(C)(CO)CCCC4(C)C2C(OC(C)=O)CC1(O)C3. The van der Waals surface area contributed by atoms with E-state index in [4.69, 9.17) is 4.74 Å². The van der Waals surface area contributed by atoms with Gasteiger partial charge in [0.15, 0.2) is 5.78 Å². The van der Waals surface area contributed by atoms with Crippen LogP contribution >= 0.6 is 0 Å². The first-order valence-corrected chi connectivity index (χ1v) is 10.3. The lowest BCUT2D eigenvalue weighted by Gasteiger charge is -2.64. The molecule has 0 aromatic rings. The summed E-state index contributed by atoms with van der Waals surface area (Å²) >= 11 is 0. The Kier molecular flexibility index (Phi) is 4.01. The van der Waals surface area contributed by atoms with Crippen LogP contribution in [0.4, 0.5) is 0 Å². The molecule has 0 saturated heterocycles. The molecule has 0 amide bonds. The van der Waals surface area contributed by atoms with E-state index >= 15 is 0 Å². The lowest BCUT2D eigenvalue weighted by Crippen LogP contribution is -2.64. The summed E-state index contributed by atoms with van der Waals surface area (Å²) in [6.07, 6.45) is 4.61. The van der Waals surface area contributed by atoms with Crippen molar-refractivity contribution in [3.63, 3.8) is 0 Å². The summed E-state index contributed by atoms with van der Waals surface area (Å²) in [5.41, 5.74) is -2.04. The number of hydrogen-bond acceptors (Lipinski definition) is 5. The highest BCUT2D eigenvalue weighted by Gasteiger charge is 2.73. The molecule has 5 nitrogen and oxygen atoms in total. The molecule has 4 aliphatic rings. The lowest BCUT2D eigenvalue weighted by atomic mass is 9.40. The highest BCUT2D eigenvalue weighted by molar-refractivity contribution is 6.05.